The van der Waals surface area contributed by atoms with E-state index in [1.807, 2.05) is 6.92 Å². The summed E-state index contributed by atoms with van der Waals surface area (Å²) >= 11 is 0. The lowest BCUT2D eigenvalue weighted by Crippen LogP contribution is -2.46. The van der Waals surface area contributed by atoms with E-state index in [0.29, 0.717) is 6.54 Å². The number of nitrogens with zero attached hydrogens (tertiary/aromatic N) is 1. The topological polar surface area (TPSA) is 128 Å². The van der Waals surface area contributed by atoms with Gasteiger partial charge in [-0.1, -0.05) is 19.1 Å². The third kappa shape index (κ3) is 5.67. The monoisotopic (exact) mass is 337 g/mol. The van der Waals surface area contributed by atoms with Crippen LogP contribution in [0.1, 0.15) is 30.6 Å². The fraction of sp³-hybridized carbons (Fsp3) is 0.400. The third-order valence-corrected chi connectivity index (χ3v) is 2.98. The molecule has 0 aliphatic carbocycles. The largest absolute Gasteiger partial charge is 0.452 e. The van der Waals surface area contributed by atoms with Gasteiger partial charge in [-0.15, -0.1) is 0 Å². The minimum absolute atomic E-state index is 0.246. The first-order valence-electron chi connectivity index (χ1n) is 7.34. The van der Waals surface area contributed by atoms with E-state index in [0.717, 1.165) is 12.5 Å². The van der Waals surface area contributed by atoms with Crippen LogP contribution in [0, 0.1) is 10.1 Å². The molecule has 0 unspecified atom stereocenters. The van der Waals surface area contributed by atoms with Crippen molar-refractivity contribution in [1.29, 1.82) is 0 Å². The lowest BCUT2D eigenvalue weighted by Gasteiger charge is -2.13. The molecular weight excluding hydrogens is 318 g/mol. The molecule has 0 bridgehead atoms. The number of carbonyl (C=O) groups excluding carboxylic acids is 3. The van der Waals surface area contributed by atoms with E-state index in [-0.39, 0.29) is 11.5 Å². The Morgan fingerprint density at radius 2 is 1.96 bits per heavy atom. The van der Waals surface area contributed by atoms with Gasteiger partial charge in [0.2, 0.25) is 5.91 Å². The molecule has 0 fully saturated rings. The zero-order valence-corrected chi connectivity index (χ0v) is 13.4. The summed E-state index contributed by atoms with van der Waals surface area (Å²) in [6, 6.07) is 4.48. The summed E-state index contributed by atoms with van der Waals surface area (Å²) in [7, 11) is 0. The molecule has 0 saturated carbocycles. The fourth-order valence-electron chi connectivity index (χ4n) is 1.76. The van der Waals surface area contributed by atoms with Crippen LogP contribution in [0.4, 0.5) is 5.69 Å². The number of amides is 2. The third-order valence-electron chi connectivity index (χ3n) is 2.98. The number of rotatable bonds is 8. The van der Waals surface area contributed by atoms with Crippen LogP contribution in [0.15, 0.2) is 24.3 Å². The number of para-hydroxylation sites is 1. The molecule has 2 N–H and O–H groups in total. The summed E-state index contributed by atoms with van der Waals surface area (Å²) in [6.07, 6.45) is 0.764. The highest BCUT2D eigenvalue weighted by atomic mass is 16.6. The number of nitro benzene ring substituents is 1. The maximum Gasteiger partial charge on any atom is 0.345 e. The summed E-state index contributed by atoms with van der Waals surface area (Å²) < 4.78 is 4.76. The summed E-state index contributed by atoms with van der Waals surface area (Å²) in [5.41, 5.74) is -0.653. The lowest BCUT2D eigenvalue weighted by molar-refractivity contribution is -0.385. The quantitative estimate of drug-likeness (QED) is 0.410. The second-order valence-corrected chi connectivity index (χ2v) is 4.93. The molecule has 130 valence electrons. The molecule has 0 saturated heterocycles. The van der Waals surface area contributed by atoms with Gasteiger partial charge in [0, 0.05) is 12.6 Å². The first kappa shape index (κ1) is 19.1. The van der Waals surface area contributed by atoms with Gasteiger partial charge in [-0.3, -0.25) is 19.7 Å². The molecular formula is C15H19N3O6. The number of nitro groups is 1. The first-order chi connectivity index (χ1) is 11.4. The van der Waals surface area contributed by atoms with Gasteiger partial charge >= 0.3 is 5.97 Å². The Hall–Kier alpha value is -2.97. The normalized spacial score (nSPS) is 11.2. The van der Waals surface area contributed by atoms with Crippen molar-refractivity contribution >= 4 is 23.5 Å². The number of carbonyl (C=O) groups is 3. The lowest BCUT2D eigenvalue weighted by atomic mass is 10.2. The second-order valence-electron chi connectivity index (χ2n) is 4.93. The summed E-state index contributed by atoms with van der Waals surface area (Å²) in [6.45, 7) is 3.24. The summed E-state index contributed by atoms with van der Waals surface area (Å²) in [5.74, 6) is -2.02. The number of hydrogen-bond acceptors (Lipinski definition) is 6. The van der Waals surface area contributed by atoms with Gasteiger partial charge in [-0.2, -0.15) is 0 Å². The Labute approximate surface area is 138 Å². The highest BCUT2D eigenvalue weighted by Crippen LogP contribution is 2.18. The Morgan fingerprint density at radius 3 is 2.58 bits per heavy atom. The van der Waals surface area contributed by atoms with Crippen LogP contribution in [0.3, 0.4) is 0 Å². The van der Waals surface area contributed by atoms with Gasteiger partial charge < -0.3 is 15.4 Å². The number of ether oxygens (including phenoxy) is 1. The molecule has 9 heteroatoms. The van der Waals surface area contributed by atoms with E-state index in [4.69, 9.17) is 4.74 Å². The number of benzene rings is 1. The van der Waals surface area contributed by atoms with Crippen molar-refractivity contribution in [3.63, 3.8) is 0 Å². The zero-order valence-electron chi connectivity index (χ0n) is 13.4. The van der Waals surface area contributed by atoms with E-state index in [1.165, 1.54) is 25.1 Å². The Bertz CT molecular complexity index is 631. The highest BCUT2D eigenvalue weighted by molar-refractivity contribution is 5.95. The predicted octanol–water partition coefficient (Wildman–Crippen LogP) is 0.782. The van der Waals surface area contributed by atoms with Crippen molar-refractivity contribution in [3.8, 4) is 0 Å². The van der Waals surface area contributed by atoms with Crippen molar-refractivity contribution in [3.05, 3.63) is 39.9 Å². The first-order valence-corrected chi connectivity index (χ1v) is 7.34. The van der Waals surface area contributed by atoms with Crippen molar-refractivity contribution in [2.75, 3.05) is 13.2 Å². The molecule has 1 rings (SSSR count). The van der Waals surface area contributed by atoms with Crippen molar-refractivity contribution < 1.29 is 24.0 Å². The number of nitrogens with one attached hydrogen (secondary N) is 2. The summed E-state index contributed by atoms with van der Waals surface area (Å²) in [5, 5.41) is 15.8. The molecule has 0 aliphatic rings. The van der Waals surface area contributed by atoms with Gasteiger partial charge in [0.15, 0.2) is 6.61 Å². The van der Waals surface area contributed by atoms with Gasteiger partial charge in [0.05, 0.1) is 4.92 Å². The molecule has 0 heterocycles. The van der Waals surface area contributed by atoms with Crippen LogP contribution in [0.5, 0.6) is 0 Å². The molecule has 2 amide bonds. The van der Waals surface area contributed by atoms with Crippen molar-refractivity contribution in [2.24, 2.45) is 0 Å². The zero-order chi connectivity index (χ0) is 18.1. The van der Waals surface area contributed by atoms with Crippen molar-refractivity contribution in [1.82, 2.24) is 10.6 Å². The second kappa shape index (κ2) is 9.23. The maximum absolute atomic E-state index is 11.8. The van der Waals surface area contributed by atoms with E-state index in [2.05, 4.69) is 10.6 Å². The molecule has 9 nitrogen and oxygen atoms in total. The van der Waals surface area contributed by atoms with Crippen LogP contribution in [0.25, 0.3) is 0 Å². The van der Waals surface area contributed by atoms with Crippen LogP contribution in [-0.2, 0) is 14.3 Å². The van der Waals surface area contributed by atoms with E-state index < -0.39 is 35.1 Å². The molecule has 0 radical (unpaired) electrons. The molecule has 0 spiro atoms. The van der Waals surface area contributed by atoms with Crippen LogP contribution in [-0.4, -0.2) is 41.9 Å². The van der Waals surface area contributed by atoms with Crippen LogP contribution < -0.4 is 10.6 Å². The average molecular weight is 337 g/mol. The van der Waals surface area contributed by atoms with Crippen LogP contribution in [0.2, 0.25) is 0 Å². The molecule has 24 heavy (non-hydrogen) atoms. The Kier molecular flexibility index (Phi) is 7.34. The minimum Gasteiger partial charge on any atom is -0.452 e. The maximum atomic E-state index is 11.8. The predicted molar refractivity (Wildman–Crippen MR) is 84.3 cm³/mol. The number of hydrogen-bond donors (Lipinski definition) is 2. The van der Waals surface area contributed by atoms with Gasteiger partial charge in [-0.25, -0.2) is 4.79 Å². The molecule has 1 atom stereocenters. The Morgan fingerprint density at radius 1 is 1.29 bits per heavy atom. The van der Waals surface area contributed by atoms with Crippen molar-refractivity contribution in [2.45, 2.75) is 26.3 Å². The Balaban J connectivity index is 2.54. The summed E-state index contributed by atoms with van der Waals surface area (Å²) in [4.78, 5) is 45.3. The average Bonchev–Trinajstić information content (AvgIpc) is 2.57. The minimum atomic E-state index is -0.986. The highest BCUT2D eigenvalue weighted by Gasteiger charge is 2.22. The van der Waals surface area contributed by atoms with E-state index in [1.54, 1.807) is 0 Å². The molecule has 1 aromatic carbocycles. The van der Waals surface area contributed by atoms with Crippen LogP contribution >= 0.6 is 0 Å². The van der Waals surface area contributed by atoms with E-state index >= 15 is 0 Å². The van der Waals surface area contributed by atoms with Gasteiger partial charge in [0.1, 0.15) is 11.6 Å². The van der Waals surface area contributed by atoms with Gasteiger partial charge in [0.25, 0.3) is 11.6 Å². The standard InChI is InChI=1S/C15H19N3O6/c1-3-8-16-14(20)10(2)17-13(19)9-24-15(21)11-6-4-5-7-12(11)18(22)23/h4-7,10H,3,8-9H2,1-2H3,(H,16,20)(H,17,19)/t10-/m0/s1. The SMILES string of the molecule is CCCNC(=O)[C@H](C)NC(=O)COC(=O)c1ccccc1[N+](=O)[O-]. The fourth-order valence-corrected chi connectivity index (χ4v) is 1.76. The van der Waals surface area contributed by atoms with Gasteiger partial charge in [-0.05, 0) is 19.4 Å². The number of esters is 1. The molecule has 0 aromatic heterocycles. The molecule has 1 aromatic rings. The van der Waals surface area contributed by atoms with E-state index in [9.17, 15) is 24.5 Å². The smallest absolute Gasteiger partial charge is 0.345 e. The molecule has 0 aliphatic heterocycles.